The molecule has 1 aliphatic rings. The minimum atomic E-state index is -0.421. The summed E-state index contributed by atoms with van der Waals surface area (Å²) in [6.07, 6.45) is 0.0637. The molecular weight excluding hydrogens is 371 g/mol. The van der Waals surface area contributed by atoms with Crippen LogP contribution in [0, 0.1) is 5.82 Å². The summed E-state index contributed by atoms with van der Waals surface area (Å²) < 4.78 is 13.2. The molecule has 6 nitrogen and oxygen atoms in total. The summed E-state index contributed by atoms with van der Waals surface area (Å²) in [5, 5.41) is 2.87. The molecule has 4 N–H and O–H groups in total. The summed E-state index contributed by atoms with van der Waals surface area (Å²) in [4.78, 5) is 28.9. The minimum Gasteiger partial charge on any atom is -0.324 e. The molecule has 0 unspecified atom stereocenters. The van der Waals surface area contributed by atoms with Gasteiger partial charge < -0.3 is 5.32 Å². The molecule has 4 rings (SSSR count). The molecule has 1 heterocycles. The lowest BCUT2D eigenvalue weighted by molar-refractivity contribution is -0.115. The summed E-state index contributed by atoms with van der Waals surface area (Å²) in [6.45, 7) is 0. The van der Waals surface area contributed by atoms with Gasteiger partial charge in [-0.1, -0.05) is 30.3 Å². The molecule has 0 spiro atoms. The zero-order valence-electron chi connectivity index (χ0n) is 15.3. The molecule has 2 amide bonds. The fraction of sp³-hybridized carbons (Fsp3) is 0.0455. The second kappa shape index (κ2) is 7.65. The molecule has 0 radical (unpaired) electrons. The predicted octanol–water partition coefficient (Wildman–Crippen LogP) is 3.56. The maximum absolute atomic E-state index is 13.2. The van der Waals surface area contributed by atoms with Crippen LogP contribution in [0.1, 0.15) is 22.3 Å². The number of hydrogen-bond donors (Lipinski definition) is 3. The number of benzene rings is 3. The van der Waals surface area contributed by atoms with E-state index in [0.717, 1.165) is 11.1 Å². The van der Waals surface area contributed by atoms with Crippen molar-refractivity contribution in [3.05, 3.63) is 83.7 Å². The first-order valence-electron chi connectivity index (χ1n) is 8.92. The molecule has 0 aromatic heterocycles. The minimum absolute atomic E-state index is 0.0637. The van der Waals surface area contributed by atoms with Crippen LogP contribution >= 0.6 is 0 Å². The maximum atomic E-state index is 13.2. The zero-order chi connectivity index (χ0) is 20.4. The van der Waals surface area contributed by atoms with Crippen molar-refractivity contribution in [1.82, 2.24) is 5.43 Å². The van der Waals surface area contributed by atoms with E-state index in [9.17, 15) is 14.0 Å². The van der Waals surface area contributed by atoms with E-state index in [-0.39, 0.29) is 18.1 Å². The van der Waals surface area contributed by atoms with Gasteiger partial charge in [-0.25, -0.2) is 10.2 Å². The van der Waals surface area contributed by atoms with E-state index in [1.165, 1.54) is 12.1 Å². The molecule has 0 fully saturated rings. The Morgan fingerprint density at radius 3 is 2.52 bits per heavy atom. The Bertz CT molecular complexity index is 1140. The molecule has 29 heavy (non-hydrogen) atoms. The first-order chi connectivity index (χ1) is 14.0. The monoisotopic (exact) mass is 388 g/mol. The van der Waals surface area contributed by atoms with Crippen LogP contribution in [0.3, 0.4) is 0 Å². The second-order valence-corrected chi connectivity index (χ2v) is 6.58. The van der Waals surface area contributed by atoms with Gasteiger partial charge in [0.25, 0.3) is 5.91 Å². The van der Waals surface area contributed by atoms with Gasteiger partial charge in [0.2, 0.25) is 5.91 Å². The van der Waals surface area contributed by atoms with Crippen molar-refractivity contribution in [3.8, 4) is 11.1 Å². The van der Waals surface area contributed by atoms with Crippen LogP contribution in [-0.4, -0.2) is 17.5 Å². The van der Waals surface area contributed by atoms with Crippen LogP contribution in [0.4, 0.5) is 15.8 Å². The average Bonchev–Trinajstić information content (AvgIpc) is 2.91. The highest BCUT2D eigenvalue weighted by Gasteiger charge is 2.18. The number of amides is 2. The van der Waals surface area contributed by atoms with Gasteiger partial charge in [-0.3, -0.25) is 20.0 Å². The van der Waals surface area contributed by atoms with Crippen LogP contribution < -0.4 is 16.6 Å². The van der Waals surface area contributed by atoms with Crippen molar-refractivity contribution in [2.24, 2.45) is 10.8 Å². The number of carbonyl (C=O) groups excluding carboxylic acids is 2. The van der Waals surface area contributed by atoms with Crippen molar-refractivity contribution < 1.29 is 14.0 Å². The number of fused-ring (bicyclic) bond motifs is 1. The van der Waals surface area contributed by atoms with Gasteiger partial charge >= 0.3 is 0 Å². The van der Waals surface area contributed by atoms with Gasteiger partial charge in [-0.2, -0.15) is 0 Å². The predicted molar refractivity (Wildman–Crippen MR) is 109 cm³/mol. The van der Waals surface area contributed by atoms with Crippen molar-refractivity contribution in [3.63, 3.8) is 0 Å². The van der Waals surface area contributed by atoms with E-state index in [2.05, 4.69) is 15.7 Å². The largest absolute Gasteiger partial charge is 0.324 e. The number of hydrogen-bond acceptors (Lipinski definition) is 4. The Kier molecular flexibility index (Phi) is 4.88. The smallest absolute Gasteiger partial charge is 0.265 e. The third kappa shape index (κ3) is 3.90. The van der Waals surface area contributed by atoms with E-state index in [1.54, 1.807) is 42.5 Å². The maximum Gasteiger partial charge on any atom is 0.265 e. The van der Waals surface area contributed by atoms with Gasteiger partial charge in [-0.05, 0) is 53.1 Å². The number of halogens is 1. The number of anilines is 1. The first-order valence-corrected chi connectivity index (χ1v) is 8.92. The summed E-state index contributed by atoms with van der Waals surface area (Å²) in [5.74, 6) is 4.25. The molecular formula is C22H17FN4O2. The Labute approximate surface area is 166 Å². The SMILES string of the molecule is NNC(=O)c1cccc(C2=Nc3ccc(-c4ccc(F)cc4)cc3NC(=O)C2)c1. The number of rotatable bonds is 3. The Morgan fingerprint density at radius 1 is 1.00 bits per heavy atom. The fourth-order valence-electron chi connectivity index (χ4n) is 3.18. The Hall–Kier alpha value is -3.84. The quantitative estimate of drug-likeness (QED) is 0.364. The zero-order valence-corrected chi connectivity index (χ0v) is 15.3. The Balaban J connectivity index is 1.74. The van der Waals surface area contributed by atoms with Gasteiger partial charge in [0.05, 0.1) is 23.5 Å². The Morgan fingerprint density at radius 2 is 1.76 bits per heavy atom. The highest BCUT2D eigenvalue weighted by molar-refractivity contribution is 6.17. The van der Waals surface area contributed by atoms with Crippen LogP contribution in [0.2, 0.25) is 0 Å². The molecule has 0 atom stereocenters. The van der Waals surface area contributed by atoms with Crippen molar-refractivity contribution >= 4 is 28.9 Å². The van der Waals surface area contributed by atoms with Gasteiger partial charge in [-0.15, -0.1) is 0 Å². The van der Waals surface area contributed by atoms with E-state index in [0.29, 0.717) is 28.2 Å². The molecule has 3 aromatic rings. The number of nitrogen functional groups attached to an aromatic ring is 1. The number of carbonyl (C=O) groups is 2. The molecule has 144 valence electrons. The van der Waals surface area contributed by atoms with Crippen LogP contribution in [0.5, 0.6) is 0 Å². The van der Waals surface area contributed by atoms with E-state index in [4.69, 9.17) is 5.84 Å². The number of hydrazine groups is 1. The molecule has 3 aromatic carbocycles. The van der Waals surface area contributed by atoms with Crippen LogP contribution in [0.15, 0.2) is 71.7 Å². The number of nitrogens with two attached hydrogens (primary N) is 1. The van der Waals surface area contributed by atoms with Crippen molar-refractivity contribution in [2.75, 3.05) is 5.32 Å². The van der Waals surface area contributed by atoms with E-state index in [1.807, 2.05) is 12.1 Å². The highest BCUT2D eigenvalue weighted by atomic mass is 19.1. The lowest BCUT2D eigenvalue weighted by Gasteiger charge is -2.08. The van der Waals surface area contributed by atoms with Crippen LogP contribution in [0.25, 0.3) is 11.1 Å². The third-order valence-corrected chi connectivity index (χ3v) is 4.62. The molecule has 0 aliphatic carbocycles. The molecule has 7 heteroatoms. The molecule has 0 saturated heterocycles. The van der Waals surface area contributed by atoms with Gasteiger partial charge in [0, 0.05) is 5.56 Å². The molecule has 1 aliphatic heterocycles. The first kappa shape index (κ1) is 18.5. The lowest BCUT2D eigenvalue weighted by Crippen LogP contribution is -2.30. The summed E-state index contributed by atoms with van der Waals surface area (Å²) in [7, 11) is 0. The fourth-order valence-corrected chi connectivity index (χ4v) is 3.18. The van der Waals surface area contributed by atoms with Crippen molar-refractivity contribution in [1.29, 1.82) is 0 Å². The summed E-state index contributed by atoms with van der Waals surface area (Å²) in [5.41, 5.74) is 6.52. The number of nitrogens with one attached hydrogen (secondary N) is 2. The number of nitrogens with zero attached hydrogens (tertiary/aromatic N) is 1. The highest BCUT2D eigenvalue weighted by Crippen LogP contribution is 2.33. The van der Waals surface area contributed by atoms with Crippen molar-refractivity contribution in [2.45, 2.75) is 6.42 Å². The lowest BCUT2D eigenvalue weighted by atomic mass is 10.0. The van der Waals surface area contributed by atoms with Gasteiger partial charge in [0.15, 0.2) is 0 Å². The standard InChI is InChI=1S/C22H17FN4O2/c23-17-7-4-13(5-8-17)14-6-9-18-20(11-14)26-21(28)12-19(25-18)15-2-1-3-16(10-15)22(29)27-24/h1-11H,12,24H2,(H,26,28)(H,27,29). The average molecular weight is 388 g/mol. The van der Waals surface area contributed by atoms with Gasteiger partial charge in [0.1, 0.15) is 5.82 Å². The molecule has 0 bridgehead atoms. The van der Waals surface area contributed by atoms with E-state index < -0.39 is 5.91 Å². The normalized spacial score (nSPS) is 13.0. The van der Waals surface area contributed by atoms with E-state index >= 15 is 0 Å². The third-order valence-electron chi connectivity index (χ3n) is 4.62. The summed E-state index contributed by atoms with van der Waals surface area (Å²) in [6, 6.07) is 18.4. The van der Waals surface area contributed by atoms with Crippen LogP contribution in [-0.2, 0) is 4.79 Å². The topological polar surface area (TPSA) is 96.6 Å². The second-order valence-electron chi connectivity index (χ2n) is 6.58. The summed E-state index contributed by atoms with van der Waals surface area (Å²) >= 11 is 0. The molecule has 0 saturated carbocycles. The number of aliphatic imine (C=N–C) groups is 1.